The molecular formula is C14H17N2O. The lowest BCUT2D eigenvalue weighted by atomic mass is 9.88. The number of fused-ring (bicyclic) bond motifs is 1. The number of hydrogen-bond donors (Lipinski definition) is 0. The second-order valence-electron chi connectivity index (χ2n) is 5.02. The lowest BCUT2D eigenvalue weighted by Crippen LogP contribution is -2.21. The summed E-state index contributed by atoms with van der Waals surface area (Å²) in [7, 11) is 1.86. The van der Waals surface area contributed by atoms with Gasteiger partial charge in [0.25, 0.3) is 5.91 Å². The minimum atomic E-state index is 0.158. The maximum absolute atomic E-state index is 11.8. The Morgan fingerprint density at radius 3 is 2.82 bits per heavy atom. The predicted molar refractivity (Wildman–Crippen MR) is 66.1 cm³/mol. The minimum Gasteiger partial charge on any atom is -0.337 e. The van der Waals surface area contributed by atoms with Crippen LogP contribution in [0.25, 0.3) is 0 Å². The molecule has 0 saturated carbocycles. The molecule has 2 aliphatic heterocycles. The van der Waals surface area contributed by atoms with E-state index < -0.39 is 0 Å². The van der Waals surface area contributed by atoms with Crippen molar-refractivity contribution >= 4 is 5.91 Å². The first kappa shape index (κ1) is 10.8. The van der Waals surface area contributed by atoms with Gasteiger partial charge in [-0.25, -0.2) is 5.32 Å². The summed E-state index contributed by atoms with van der Waals surface area (Å²) in [6.07, 6.45) is 2.31. The van der Waals surface area contributed by atoms with Gasteiger partial charge in [0.05, 0.1) is 0 Å². The number of hydrogen-bond acceptors (Lipinski definition) is 1. The number of piperidine rings is 1. The van der Waals surface area contributed by atoms with Gasteiger partial charge in [-0.1, -0.05) is 12.1 Å². The molecule has 1 fully saturated rings. The minimum absolute atomic E-state index is 0.158. The van der Waals surface area contributed by atoms with Gasteiger partial charge >= 0.3 is 0 Å². The van der Waals surface area contributed by atoms with E-state index in [1.54, 1.807) is 4.90 Å². The van der Waals surface area contributed by atoms with Crippen LogP contribution < -0.4 is 5.32 Å². The standard InChI is InChI=1S/C14H17N2O/c1-16-9-12-8-11(2-3-13(12)14(16)17)10-4-6-15-7-5-10/h2-3,8,10H,4-7,9H2,1H3. The molecule has 3 heteroatoms. The van der Waals surface area contributed by atoms with Crippen LogP contribution in [0, 0.1) is 0 Å². The van der Waals surface area contributed by atoms with Gasteiger partial charge in [0.1, 0.15) is 0 Å². The lowest BCUT2D eigenvalue weighted by Gasteiger charge is -2.22. The molecule has 1 aromatic rings. The average molecular weight is 229 g/mol. The highest BCUT2D eigenvalue weighted by Crippen LogP contribution is 2.30. The first-order valence-electron chi connectivity index (χ1n) is 6.27. The third kappa shape index (κ3) is 1.84. The highest BCUT2D eigenvalue weighted by Gasteiger charge is 2.25. The second kappa shape index (κ2) is 4.15. The van der Waals surface area contributed by atoms with Gasteiger partial charge in [-0.05, 0) is 36.0 Å². The maximum atomic E-state index is 11.8. The van der Waals surface area contributed by atoms with Gasteiger partial charge in [-0.3, -0.25) is 4.79 Å². The van der Waals surface area contributed by atoms with E-state index in [1.807, 2.05) is 13.1 Å². The van der Waals surface area contributed by atoms with Gasteiger partial charge in [-0.15, -0.1) is 0 Å². The summed E-state index contributed by atoms with van der Waals surface area (Å²) in [5.74, 6) is 0.795. The molecule has 0 bridgehead atoms. The Hall–Kier alpha value is -1.35. The quantitative estimate of drug-likeness (QED) is 0.722. The van der Waals surface area contributed by atoms with Crippen molar-refractivity contribution in [2.45, 2.75) is 25.3 Å². The Morgan fingerprint density at radius 2 is 2.06 bits per heavy atom. The molecule has 1 saturated heterocycles. The molecule has 1 aromatic carbocycles. The van der Waals surface area contributed by atoms with Gasteiger partial charge in [0.2, 0.25) is 0 Å². The normalized spacial score (nSPS) is 20.8. The third-order valence-electron chi connectivity index (χ3n) is 3.86. The van der Waals surface area contributed by atoms with Crippen molar-refractivity contribution < 1.29 is 4.79 Å². The van der Waals surface area contributed by atoms with E-state index in [9.17, 15) is 4.79 Å². The van der Waals surface area contributed by atoms with E-state index in [4.69, 9.17) is 0 Å². The van der Waals surface area contributed by atoms with Gasteiger partial charge in [0, 0.05) is 32.2 Å². The zero-order chi connectivity index (χ0) is 11.8. The Morgan fingerprint density at radius 1 is 1.29 bits per heavy atom. The molecule has 3 nitrogen and oxygen atoms in total. The summed E-state index contributed by atoms with van der Waals surface area (Å²) in [6, 6.07) is 6.36. The van der Waals surface area contributed by atoms with Crippen molar-refractivity contribution in [2.24, 2.45) is 0 Å². The smallest absolute Gasteiger partial charge is 0.254 e. The number of carbonyl (C=O) groups excluding carboxylic acids is 1. The molecule has 0 atom stereocenters. The van der Waals surface area contributed by atoms with E-state index in [-0.39, 0.29) is 5.91 Å². The van der Waals surface area contributed by atoms with Crippen LogP contribution >= 0.6 is 0 Å². The van der Waals surface area contributed by atoms with Crippen molar-refractivity contribution in [3.05, 3.63) is 34.9 Å². The van der Waals surface area contributed by atoms with Gasteiger partial charge in [0.15, 0.2) is 0 Å². The fourth-order valence-corrected chi connectivity index (χ4v) is 2.82. The van der Waals surface area contributed by atoms with Crippen molar-refractivity contribution in [3.8, 4) is 0 Å². The summed E-state index contributed by atoms with van der Waals surface area (Å²) in [4.78, 5) is 13.6. The Bertz CT molecular complexity index is 450. The van der Waals surface area contributed by atoms with Crippen LogP contribution in [-0.2, 0) is 6.54 Å². The molecular weight excluding hydrogens is 212 g/mol. The number of amides is 1. The Labute approximate surface area is 102 Å². The largest absolute Gasteiger partial charge is 0.337 e. The van der Waals surface area contributed by atoms with E-state index >= 15 is 0 Å². The third-order valence-corrected chi connectivity index (χ3v) is 3.86. The molecule has 2 aliphatic rings. The summed E-state index contributed by atoms with van der Waals surface area (Å²) < 4.78 is 0. The van der Waals surface area contributed by atoms with Gasteiger partial charge < -0.3 is 4.90 Å². The van der Waals surface area contributed by atoms with Crippen LogP contribution in [0.15, 0.2) is 18.2 Å². The summed E-state index contributed by atoms with van der Waals surface area (Å²) >= 11 is 0. The molecule has 0 unspecified atom stereocenters. The molecule has 89 valence electrons. The molecule has 0 N–H and O–H groups in total. The zero-order valence-corrected chi connectivity index (χ0v) is 10.1. The van der Waals surface area contributed by atoms with Crippen LogP contribution in [0.4, 0.5) is 0 Å². The van der Waals surface area contributed by atoms with Crippen molar-refractivity contribution in [1.82, 2.24) is 10.2 Å². The fraction of sp³-hybridized carbons (Fsp3) is 0.500. The highest BCUT2D eigenvalue weighted by molar-refractivity contribution is 5.98. The number of nitrogens with zero attached hydrogens (tertiary/aromatic N) is 2. The van der Waals surface area contributed by atoms with Crippen molar-refractivity contribution in [1.29, 1.82) is 0 Å². The van der Waals surface area contributed by atoms with E-state index in [2.05, 4.69) is 17.4 Å². The molecule has 0 aromatic heterocycles. The maximum Gasteiger partial charge on any atom is 0.254 e. The Kier molecular flexibility index (Phi) is 2.63. The molecule has 17 heavy (non-hydrogen) atoms. The molecule has 2 heterocycles. The average Bonchev–Trinajstić information content (AvgIpc) is 2.66. The van der Waals surface area contributed by atoms with Crippen LogP contribution in [0.5, 0.6) is 0 Å². The van der Waals surface area contributed by atoms with Crippen molar-refractivity contribution in [2.75, 3.05) is 20.1 Å². The lowest BCUT2D eigenvalue weighted by molar-refractivity contribution is 0.0816. The van der Waals surface area contributed by atoms with E-state index in [0.717, 1.165) is 38.0 Å². The van der Waals surface area contributed by atoms with Crippen LogP contribution in [-0.4, -0.2) is 30.9 Å². The fourth-order valence-electron chi connectivity index (χ4n) is 2.82. The SMILES string of the molecule is CN1Cc2cc(C3CC[N]CC3)ccc2C1=O. The number of carbonyl (C=O) groups is 1. The number of benzene rings is 1. The van der Waals surface area contributed by atoms with Crippen LogP contribution in [0.1, 0.15) is 40.2 Å². The first-order valence-corrected chi connectivity index (χ1v) is 6.27. The summed E-state index contributed by atoms with van der Waals surface area (Å²) in [5, 5.41) is 4.39. The topological polar surface area (TPSA) is 34.4 Å². The molecule has 0 aliphatic carbocycles. The molecule has 0 spiro atoms. The monoisotopic (exact) mass is 229 g/mol. The molecule has 3 rings (SSSR count). The molecule has 1 amide bonds. The summed E-state index contributed by atoms with van der Waals surface area (Å²) in [6.45, 7) is 2.74. The zero-order valence-electron chi connectivity index (χ0n) is 10.1. The first-order chi connectivity index (χ1) is 8.25. The summed E-state index contributed by atoms with van der Waals surface area (Å²) in [5.41, 5.74) is 3.47. The van der Waals surface area contributed by atoms with Crippen LogP contribution in [0.2, 0.25) is 0 Å². The van der Waals surface area contributed by atoms with Crippen LogP contribution in [0.3, 0.4) is 0 Å². The Balaban J connectivity index is 1.89. The number of rotatable bonds is 1. The molecule has 1 radical (unpaired) electrons. The van der Waals surface area contributed by atoms with E-state index in [1.165, 1.54) is 11.1 Å². The van der Waals surface area contributed by atoms with E-state index in [0.29, 0.717) is 5.92 Å². The highest BCUT2D eigenvalue weighted by atomic mass is 16.2. The van der Waals surface area contributed by atoms with Gasteiger partial charge in [-0.2, -0.15) is 0 Å². The second-order valence-corrected chi connectivity index (χ2v) is 5.02. The van der Waals surface area contributed by atoms with Crippen molar-refractivity contribution in [3.63, 3.8) is 0 Å². The predicted octanol–water partition coefficient (Wildman–Crippen LogP) is 1.75.